The van der Waals surface area contributed by atoms with E-state index in [1.165, 1.54) is 20.3 Å². The summed E-state index contributed by atoms with van der Waals surface area (Å²) in [6, 6.07) is -18.0. The molecule has 8 heterocycles. The van der Waals surface area contributed by atoms with Crippen LogP contribution in [0.3, 0.4) is 0 Å². The first-order valence-electron chi connectivity index (χ1n) is 68.9. The molecule has 4 aromatic carbocycles. The Balaban J connectivity index is 0.000000265. The molecule has 0 aliphatic carbocycles. The lowest BCUT2D eigenvalue weighted by Crippen LogP contribution is -2.51. The van der Waals surface area contributed by atoms with Gasteiger partial charge in [-0.05, 0) is 190 Å². The van der Waals surface area contributed by atoms with Gasteiger partial charge in [-0.25, -0.2) is 0 Å². The quantitative estimate of drug-likeness (QED) is 0.0354. The molecule has 0 spiro atoms. The average molecular weight is 1780 g/mol. The van der Waals surface area contributed by atoms with Crippen LogP contribution >= 0.6 is 0 Å². The van der Waals surface area contributed by atoms with Gasteiger partial charge in [0.2, 0.25) is 0 Å². The number of hydrogen-bond acceptors (Lipinski definition) is 24. The number of nitrogens with zero attached hydrogens (tertiary/aromatic N) is 4. The molecule has 4 aromatic rings. The Labute approximate surface area is 820 Å². The molecule has 4 saturated heterocycles. The summed E-state index contributed by atoms with van der Waals surface area (Å²) < 4.78 is 572. The van der Waals surface area contributed by atoms with E-state index in [2.05, 4.69) is 0 Å². The summed E-state index contributed by atoms with van der Waals surface area (Å²) in [7, 11) is 0.483. The highest BCUT2D eigenvalue weighted by Gasteiger charge is 2.48. The van der Waals surface area contributed by atoms with Gasteiger partial charge in [0.1, 0.15) is 48.5 Å². The van der Waals surface area contributed by atoms with Crippen molar-refractivity contribution < 1.29 is 157 Å². The topological polar surface area (TPSA) is 296 Å². The molecule has 0 radical (unpaired) electrons. The molecule has 16 unspecified atom stereocenters. The van der Waals surface area contributed by atoms with Crippen LogP contribution in [0.25, 0.3) is 0 Å². The van der Waals surface area contributed by atoms with Crippen LogP contribution in [0.5, 0.6) is 46.0 Å². The predicted octanol–water partition coefficient (Wildman–Crippen LogP) is 15.4. The van der Waals surface area contributed by atoms with Crippen LogP contribution in [0.1, 0.15) is 332 Å². The van der Waals surface area contributed by atoms with Gasteiger partial charge in [0.15, 0.2) is 46.0 Å². The van der Waals surface area contributed by atoms with Crippen LogP contribution in [-0.4, -0.2) is 201 Å². The van der Waals surface area contributed by atoms with Gasteiger partial charge in [-0.3, -0.25) is 38.8 Å². The van der Waals surface area contributed by atoms with Gasteiger partial charge in [-0.2, -0.15) is 0 Å². The van der Waals surface area contributed by atoms with Crippen LogP contribution in [-0.2, 0) is 63.7 Å². The van der Waals surface area contributed by atoms with Crippen molar-refractivity contribution in [3.05, 3.63) is 92.9 Å². The van der Waals surface area contributed by atoms with Crippen molar-refractivity contribution in [2.45, 2.75) is 281 Å². The van der Waals surface area contributed by atoms with Crippen LogP contribution < -0.4 is 60.8 Å². The molecule has 20 atom stereocenters. The number of carbonyl (C=O) groups is 4. The average Bonchev–Trinajstić information content (AvgIpc) is 0.673. The Kier molecular flexibility index (Phi) is 16.0. The first kappa shape index (κ1) is 45.7. The maximum atomic E-state index is 13.4. The Hall–Kier alpha value is -7.16. The van der Waals surface area contributed by atoms with Crippen LogP contribution in [0.2, 0.25) is 0 Å². The van der Waals surface area contributed by atoms with E-state index in [-0.39, 0.29) is 24.3 Å². The number of piperidine rings is 4. The van der Waals surface area contributed by atoms with Crippen molar-refractivity contribution in [2.75, 3.05) is 109 Å². The fourth-order valence-corrected chi connectivity index (χ4v) is 13.4. The van der Waals surface area contributed by atoms with E-state index in [1.54, 1.807) is 82.2 Å². The minimum absolute atomic E-state index is 0.140. The summed E-state index contributed by atoms with van der Waals surface area (Å²) in [6.07, 6.45) is -41.5. The molecule has 0 aromatic heterocycles. The number of benzene rings is 4. The molecule has 4 fully saturated rings. The molecule has 8 aliphatic rings. The van der Waals surface area contributed by atoms with Gasteiger partial charge < -0.3 is 79.8 Å². The van der Waals surface area contributed by atoms with E-state index in [0.717, 1.165) is 54.1 Å². The Morgan fingerprint density at radius 1 is 0.455 bits per heavy atom. The molecule has 0 saturated carbocycles. The smallest absolute Gasteiger partial charge is 0.323 e. The normalized spacial score (nSPS) is 42.4. The van der Waals surface area contributed by atoms with E-state index in [9.17, 15) is 31.5 Å². The zero-order valence-corrected chi connectivity index (χ0v) is 73.2. The number of methoxy groups -OCH3 is 8. The zero-order valence-electron chi connectivity index (χ0n) is 132. The first-order valence-corrected chi connectivity index (χ1v) is 39.4. The summed E-state index contributed by atoms with van der Waals surface area (Å²) in [5.41, 5.74) is 17.1. The first-order chi connectivity index (χ1) is 80.5. The molecule has 24 heteroatoms. The summed E-state index contributed by atoms with van der Waals surface area (Å²) in [5, 5.41) is 0. The summed E-state index contributed by atoms with van der Waals surface area (Å²) in [4.78, 5) is 55.7. The monoisotopic (exact) mass is 1770 g/mol. The van der Waals surface area contributed by atoms with Gasteiger partial charge in [-0.1, -0.05) is 131 Å². The lowest BCUT2D eigenvalue weighted by atomic mass is 9.79. The molecule has 8 N–H and O–H groups in total. The maximum Gasteiger partial charge on any atom is 0.323 e. The van der Waals surface area contributed by atoms with Gasteiger partial charge >= 0.3 is 23.9 Å². The Morgan fingerprint density at radius 2 is 0.789 bits per heavy atom. The second-order valence-corrected chi connectivity index (χ2v) is 33.3. The zero-order chi connectivity index (χ0) is 143. The fraction of sp³-hybridized carbons (Fsp3) is 0.717. The summed E-state index contributed by atoms with van der Waals surface area (Å²) in [5.74, 6) is -31.5. The van der Waals surface area contributed by atoms with E-state index in [1.807, 2.05) is 0 Å². The van der Waals surface area contributed by atoms with Crippen LogP contribution in [0.4, 0.5) is 0 Å². The number of fused-ring (bicyclic) bond motifs is 12. The van der Waals surface area contributed by atoms with Gasteiger partial charge in [0.25, 0.3) is 0 Å². The molecule has 8 aliphatic heterocycles. The highest BCUT2D eigenvalue weighted by Crippen LogP contribution is 2.51. The number of hydrogen-bond donors (Lipinski definition) is 4. The molecule has 0 amide bonds. The highest BCUT2D eigenvalue weighted by atomic mass is 16.6. The minimum Gasteiger partial charge on any atom is -0.493 e. The second-order valence-electron chi connectivity index (χ2n) is 33.3. The molecule has 12 rings (SSSR count). The number of ether oxygens (including phenoxy) is 12. The molecular formula is C99H158N8O16. The van der Waals surface area contributed by atoms with Crippen molar-refractivity contribution >= 4 is 23.9 Å². The van der Waals surface area contributed by atoms with Gasteiger partial charge in [0.05, 0.1) is 81.4 Å². The highest BCUT2D eigenvalue weighted by molar-refractivity contribution is 5.78. The fourth-order valence-electron chi connectivity index (χ4n) is 13.4. The molecular weight excluding hydrogens is 1560 g/mol. The van der Waals surface area contributed by atoms with Crippen molar-refractivity contribution in [1.29, 1.82) is 0 Å². The minimum atomic E-state index is -3.61. The largest absolute Gasteiger partial charge is 0.493 e. The summed E-state index contributed by atoms with van der Waals surface area (Å²) in [6.45, 7) is -10.2. The Morgan fingerprint density at radius 3 is 1.11 bits per heavy atom. The molecule has 0 bridgehead atoms. The van der Waals surface area contributed by atoms with Gasteiger partial charge in [-0.15, -0.1) is 0 Å². The van der Waals surface area contributed by atoms with E-state index in [0.29, 0.717) is 32.9 Å². The maximum absolute atomic E-state index is 13.4. The van der Waals surface area contributed by atoms with Crippen LogP contribution in [0, 0.1) is 69.4 Å². The molecule has 690 valence electrons. The molecule has 24 nitrogen and oxygen atoms in total. The van der Waals surface area contributed by atoms with E-state index in [4.69, 9.17) is 148 Å². The van der Waals surface area contributed by atoms with E-state index < -0.39 is 427 Å². The lowest BCUT2D eigenvalue weighted by Gasteiger charge is -2.47. The summed E-state index contributed by atoms with van der Waals surface area (Å²) >= 11 is 0. The number of rotatable bonds is 25. The van der Waals surface area contributed by atoms with Gasteiger partial charge in [0, 0.05) is 182 Å². The standard InChI is InChI=1S/3C25H40N2O4.C24H38N2O4/c3*1-15(2)10-17-14-27-9-8-16-11-21(29-6)22(30-7)12-18(16)19(27)13-20(17)31-24(28)23(26)25(3,4)5;1-14(2)9-17-13-26-8-7-16-10-21(28-5)22(29-6)11-18(16)19(26)12-20(17)30-24(27)23(25)15(3)4/h3*11-12,15,17,19-20,23H,8-10,13-14,26H2,1-7H3;10-11,14-15,17,19-20,23H,7-9,12-13,25H2,1-6H3/t4*17?,19?,20?,23-/m1110/s1/i2*1D3,6D3,8D2,9D2,10D2,11D,12D,15D,19D,20D;1D3,8D2,9D2,10D2,11D,12D,15D,19D,20D;1D3,9D2,12D2,13D2,14D,17D/t3*15?,17?,19?,20?,23-;14?,17?,19?,20?,23-. The van der Waals surface area contributed by atoms with Crippen molar-refractivity contribution in [1.82, 2.24) is 19.6 Å². The number of carbonyl (C=O) groups excluding carboxylic acids is 4. The second kappa shape index (κ2) is 43.1. The number of nitrogens with two attached hydrogens (primary N) is 4. The van der Waals surface area contributed by atoms with Crippen molar-refractivity contribution in [3.63, 3.8) is 0 Å². The predicted molar refractivity (Wildman–Crippen MR) is 485 cm³/mol. The third-order valence-corrected chi connectivity index (χ3v) is 20.6. The van der Waals surface area contributed by atoms with Crippen LogP contribution in [0.15, 0.2) is 48.4 Å². The number of esters is 4. The van der Waals surface area contributed by atoms with E-state index >= 15 is 0 Å². The SMILES string of the molecule is [2H]C1([2H])C2c3cc(OC)c(OC)cc3CCN2C([2H])([2H])C([2H])(C([2H])([2H])C([2H])(C)C([2H])([2H])[2H])C1OC(=O)[C@@H](N)C(C)C.[2H]c1c(OC)c(OC([2H])([2H])[2H])c([2H])c2c1C1([2H])CC([2H])(OC(=O)[C@@H](N)C(C)(C)C)C(C([2H])([2H])C([2H])(C)C([2H])([2H])[2H])CN1C([2H])([2H])C2([2H])[2H].[2H]c1c(OC)c(OC([2H])([2H])[2H])c([2H])c2c1C1([2H])CC([2H])(OC(=O)[C@@H](N)C(C)(C)C)C(C([2H])([2H])C([2H])(C)C([2H])([2H])[2H])CN1C([2H])([2H])C2([2H])[2H].[2H]c1c(OC)c(OC)c([2H])c2c1C1([2H])CC([2H])(OC(=O)[C@@H](N)C(C)(C)C)C(C([2H])([2H])C([2H])(C)C([2H])([2H])[2H])CN1C([2H])([2H])C2([2H])[2H]. The lowest BCUT2D eigenvalue weighted by molar-refractivity contribution is -0.162. The van der Waals surface area contributed by atoms with Crippen molar-refractivity contribution in [3.8, 4) is 46.0 Å². The molecule has 123 heavy (non-hydrogen) atoms. The third kappa shape index (κ3) is 24.8. The third-order valence-electron chi connectivity index (χ3n) is 20.6. The van der Waals surface area contributed by atoms with Crippen molar-refractivity contribution in [2.24, 2.45) is 92.3 Å². The Bertz CT molecular complexity index is 6860.